The summed E-state index contributed by atoms with van der Waals surface area (Å²) in [5, 5.41) is 38.0. The molecule has 2 fully saturated rings. The number of nitriles is 3. The van der Waals surface area contributed by atoms with Gasteiger partial charge in [0.2, 0.25) is 17.1 Å². The standard InChI is InChI=1S/C17H15N5O2/c1-3-17-11(2)16(10-20,14(21)24-17)15(8-18,9-19)13(23-17)12-4-6-22-7-5-12/h4-7,11,13,21H,3H2,1-2H3/t11-,13-,16+,17+/m1/s1. The Hall–Kier alpha value is -2.95. The molecule has 0 amide bonds. The van der Waals surface area contributed by atoms with Gasteiger partial charge in [-0.25, -0.2) is 0 Å². The van der Waals surface area contributed by atoms with Crippen molar-refractivity contribution in [2.24, 2.45) is 16.7 Å². The van der Waals surface area contributed by atoms with E-state index in [9.17, 15) is 15.8 Å². The molecule has 2 aliphatic heterocycles. The first-order chi connectivity index (χ1) is 11.5. The fraction of sp³-hybridized carbons (Fsp3) is 0.471. The Morgan fingerprint density at radius 3 is 2.33 bits per heavy atom. The predicted molar refractivity (Wildman–Crippen MR) is 80.8 cm³/mol. The van der Waals surface area contributed by atoms with Crippen molar-refractivity contribution < 1.29 is 9.47 Å². The van der Waals surface area contributed by atoms with Crippen LogP contribution in [0.5, 0.6) is 0 Å². The molecular formula is C17H15N5O2. The SMILES string of the molecule is CC[C@]12OC(=N)[C@](C#N)([C@H]1C)C(C#N)(C#N)[C@@H](c1ccncc1)O2. The lowest BCUT2D eigenvalue weighted by atomic mass is 9.53. The summed E-state index contributed by atoms with van der Waals surface area (Å²) in [6, 6.07) is 9.33. The van der Waals surface area contributed by atoms with Gasteiger partial charge in [0.05, 0.1) is 24.1 Å². The zero-order valence-corrected chi connectivity index (χ0v) is 13.3. The zero-order valence-electron chi connectivity index (χ0n) is 13.3. The fourth-order valence-electron chi connectivity index (χ4n) is 3.88. The third kappa shape index (κ3) is 1.51. The lowest BCUT2D eigenvalue weighted by Gasteiger charge is -2.48. The van der Waals surface area contributed by atoms with E-state index >= 15 is 0 Å². The Morgan fingerprint density at radius 2 is 1.83 bits per heavy atom. The molecule has 1 aromatic rings. The minimum Gasteiger partial charge on any atom is -0.447 e. The van der Waals surface area contributed by atoms with Gasteiger partial charge in [-0.05, 0) is 17.7 Å². The van der Waals surface area contributed by atoms with E-state index in [0.29, 0.717) is 12.0 Å². The molecule has 2 aliphatic rings. The number of hydrogen-bond acceptors (Lipinski definition) is 7. The summed E-state index contributed by atoms with van der Waals surface area (Å²) in [7, 11) is 0. The average molecular weight is 321 g/mol. The van der Waals surface area contributed by atoms with Crippen molar-refractivity contribution in [2.75, 3.05) is 0 Å². The van der Waals surface area contributed by atoms with E-state index in [1.165, 1.54) is 12.4 Å². The van der Waals surface area contributed by atoms with Gasteiger partial charge in [0.15, 0.2) is 5.41 Å². The quantitative estimate of drug-likeness (QED) is 0.891. The number of rotatable bonds is 2. The third-order valence-corrected chi connectivity index (χ3v) is 5.31. The van der Waals surface area contributed by atoms with Gasteiger partial charge in [0.1, 0.15) is 6.10 Å². The van der Waals surface area contributed by atoms with Crippen LogP contribution in [-0.2, 0) is 9.47 Å². The Morgan fingerprint density at radius 1 is 1.21 bits per heavy atom. The van der Waals surface area contributed by atoms with Crippen LogP contribution in [0.15, 0.2) is 24.5 Å². The maximum absolute atomic E-state index is 9.94. The van der Waals surface area contributed by atoms with Gasteiger partial charge in [-0.2, -0.15) is 15.8 Å². The Kier molecular flexibility index (Phi) is 3.34. The van der Waals surface area contributed by atoms with Crippen LogP contribution in [0.1, 0.15) is 31.9 Å². The highest BCUT2D eigenvalue weighted by molar-refractivity contribution is 5.89. The van der Waals surface area contributed by atoms with Gasteiger partial charge in [0, 0.05) is 18.8 Å². The van der Waals surface area contributed by atoms with Crippen LogP contribution in [0.2, 0.25) is 0 Å². The Labute approximate surface area is 139 Å². The minimum absolute atomic E-state index is 0.376. The summed E-state index contributed by atoms with van der Waals surface area (Å²) in [4.78, 5) is 3.94. The molecule has 2 saturated heterocycles. The summed E-state index contributed by atoms with van der Waals surface area (Å²) < 4.78 is 11.8. The molecule has 0 radical (unpaired) electrons. The van der Waals surface area contributed by atoms with Crippen LogP contribution in [0.25, 0.3) is 0 Å². The molecule has 0 saturated carbocycles. The van der Waals surface area contributed by atoms with Crippen molar-refractivity contribution in [2.45, 2.75) is 32.2 Å². The van der Waals surface area contributed by atoms with E-state index < -0.39 is 28.6 Å². The molecule has 0 unspecified atom stereocenters. The van der Waals surface area contributed by atoms with E-state index in [1.807, 2.05) is 19.1 Å². The minimum atomic E-state index is -1.89. The van der Waals surface area contributed by atoms with Crippen molar-refractivity contribution >= 4 is 5.90 Å². The highest BCUT2D eigenvalue weighted by Gasteiger charge is 2.78. The average Bonchev–Trinajstić information content (AvgIpc) is 2.78. The largest absolute Gasteiger partial charge is 0.447 e. The monoisotopic (exact) mass is 321 g/mol. The lowest BCUT2D eigenvalue weighted by Crippen LogP contribution is -2.58. The van der Waals surface area contributed by atoms with E-state index in [0.717, 1.165) is 0 Å². The van der Waals surface area contributed by atoms with E-state index in [1.54, 1.807) is 19.1 Å². The van der Waals surface area contributed by atoms with Gasteiger partial charge in [-0.15, -0.1) is 0 Å². The van der Waals surface area contributed by atoms with Gasteiger partial charge in [-0.3, -0.25) is 10.4 Å². The molecule has 7 heteroatoms. The van der Waals surface area contributed by atoms with Gasteiger partial charge in [0.25, 0.3) is 0 Å². The summed E-state index contributed by atoms with van der Waals surface area (Å²) in [5.74, 6) is -2.22. The maximum Gasteiger partial charge on any atom is 0.217 e. The van der Waals surface area contributed by atoms with Crippen LogP contribution >= 0.6 is 0 Å². The first kappa shape index (κ1) is 15.9. The highest BCUT2D eigenvalue weighted by atomic mass is 16.7. The topological polar surface area (TPSA) is 127 Å². The number of fused-ring (bicyclic) bond motifs is 2. The molecule has 2 bridgehead atoms. The fourth-order valence-corrected chi connectivity index (χ4v) is 3.88. The molecule has 24 heavy (non-hydrogen) atoms. The first-order valence-corrected chi connectivity index (χ1v) is 7.57. The van der Waals surface area contributed by atoms with E-state index in [2.05, 4.69) is 11.1 Å². The second kappa shape index (κ2) is 5.03. The molecule has 0 aromatic carbocycles. The van der Waals surface area contributed by atoms with Gasteiger partial charge < -0.3 is 9.47 Å². The number of hydrogen-bond donors (Lipinski definition) is 1. The number of aromatic nitrogens is 1. The normalized spacial score (nSPS) is 36.0. The second-order valence-corrected chi connectivity index (χ2v) is 6.05. The molecule has 0 spiro atoms. The van der Waals surface area contributed by atoms with Crippen molar-refractivity contribution in [3.63, 3.8) is 0 Å². The molecule has 3 rings (SSSR count). The first-order valence-electron chi connectivity index (χ1n) is 7.57. The summed E-state index contributed by atoms with van der Waals surface area (Å²) in [6.07, 6.45) is 2.42. The van der Waals surface area contributed by atoms with Crippen molar-refractivity contribution in [1.29, 1.82) is 21.2 Å². The van der Waals surface area contributed by atoms with Gasteiger partial charge in [-0.1, -0.05) is 13.8 Å². The van der Waals surface area contributed by atoms with Crippen molar-refractivity contribution in [3.8, 4) is 18.2 Å². The summed E-state index contributed by atoms with van der Waals surface area (Å²) >= 11 is 0. The van der Waals surface area contributed by atoms with Crippen LogP contribution in [-0.4, -0.2) is 16.7 Å². The number of pyridine rings is 1. The highest BCUT2D eigenvalue weighted by Crippen LogP contribution is 2.66. The summed E-state index contributed by atoms with van der Waals surface area (Å²) in [6.45, 7) is 3.52. The molecule has 3 heterocycles. The van der Waals surface area contributed by atoms with Gasteiger partial charge >= 0.3 is 0 Å². The molecule has 1 N–H and O–H groups in total. The second-order valence-electron chi connectivity index (χ2n) is 6.05. The number of nitrogens with one attached hydrogen (secondary N) is 1. The number of ether oxygens (including phenoxy) is 2. The third-order valence-electron chi connectivity index (χ3n) is 5.31. The van der Waals surface area contributed by atoms with Crippen molar-refractivity contribution in [3.05, 3.63) is 30.1 Å². The molecule has 1 aromatic heterocycles. The summed E-state index contributed by atoms with van der Waals surface area (Å²) in [5.41, 5.74) is -3.04. The molecule has 0 aliphatic carbocycles. The van der Waals surface area contributed by atoms with Crippen LogP contribution < -0.4 is 0 Å². The predicted octanol–water partition coefficient (Wildman–Crippen LogP) is 2.45. The molecule has 7 nitrogen and oxygen atoms in total. The molecular weight excluding hydrogens is 306 g/mol. The smallest absolute Gasteiger partial charge is 0.217 e. The van der Waals surface area contributed by atoms with Crippen LogP contribution in [0.4, 0.5) is 0 Å². The number of nitrogens with zero attached hydrogens (tertiary/aromatic N) is 4. The van der Waals surface area contributed by atoms with E-state index in [4.69, 9.17) is 14.9 Å². The lowest BCUT2D eigenvalue weighted by molar-refractivity contribution is -0.280. The zero-order chi connectivity index (χ0) is 17.6. The van der Waals surface area contributed by atoms with Crippen LogP contribution in [0, 0.1) is 56.2 Å². The molecule has 120 valence electrons. The Balaban J connectivity index is 2.34. The van der Waals surface area contributed by atoms with Crippen molar-refractivity contribution in [1.82, 2.24) is 4.98 Å². The maximum atomic E-state index is 9.94. The van der Waals surface area contributed by atoms with Crippen LogP contribution in [0.3, 0.4) is 0 Å². The van der Waals surface area contributed by atoms with E-state index in [-0.39, 0.29) is 5.90 Å². The molecule has 4 atom stereocenters. The Bertz CT molecular complexity index is 804.